The summed E-state index contributed by atoms with van der Waals surface area (Å²) in [6.45, 7) is 3.91. The second kappa shape index (κ2) is 5.86. The van der Waals surface area contributed by atoms with Gasteiger partial charge in [-0.2, -0.15) is 0 Å². The maximum Gasteiger partial charge on any atom is 0.126 e. The Bertz CT molecular complexity index is 309. The van der Waals surface area contributed by atoms with Gasteiger partial charge in [-0.1, -0.05) is 19.1 Å². The topological polar surface area (TPSA) is 26.0 Å². The molecular formula is C13H20FN. The summed E-state index contributed by atoms with van der Waals surface area (Å²) in [7, 11) is 0. The van der Waals surface area contributed by atoms with E-state index in [0.29, 0.717) is 6.04 Å². The molecule has 1 atom stereocenters. The SMILES string of the molecule is CCC(N)CCCc1ccc(F)c(C)c1. The fraction of sp³-hybridized carbons (Fsp3) is 0.538. The molecule has 1 rings (SSSR count). The van der Waals surface area contributed by atoms with E-state index in [1.807, 2.05) is 12.1 Å². The van der Waals surface area contributed by atoms with Crippen LogP contribution in [0.25, 0.3) is 0 Å². The van der Waals surface area contributed by atoms with Crippen molar-refractivity contribution in [3.63, 3.8) is 0 Å². The molecule has 0 saturated carbocycles. The Balaban J connectivity index is 2.41. The van der Waals surface area contributed by atoms with Crippen molar-refractivity contribution < 1.29 is 4.39 Å². The predicted octanol–water partition coefficient (Wildman–Crippen LogP) is 3.19. The van der Waals surface area contributed by atoms with Crippen LogP contribution < -0.4 is 5.73 Å². The lowest BCUT2D eigenvalue weighted by Crippen LogP contribution is -2.18. The van der Waals surface area contributed by atoms with Crippen molar-refractivity contribution in [1.29, 1.82) is 0 Å². The number of hydrogen-bond acceptors (Lipinski definition) is 1. The van der Waals surface area contributed by atoms with Crippen molar-refractivity contribution in [2.45, 2.75) is 45.6 Å². The molecule has 0 amide bonds. The first kappa shape index (κ1) is 12.2. The molecule has 0 aliphatic carbocycles. The first-order valence-electron chi connectivity index (χ1n) is 5.64. The standard InChI is InChI=1S/C13H20FN/c1-3-12(15)6-4-5-11-7-8-13(14)10(2)9-11/h7-9,12H,3-6,15H2,1-2H3. The van der Waals surface area contributed by atoms with Gasteiger partial charge in [-0.3, -0.25) is 0 Å². The highest BCUT2D eigenvalue weighted by Gasteiger charge is 2.01. The van der Waals surface area contributed by atoms with E-state index in [1.165, 1.54) is 5.56 Å². The van der Waals surface area contributed by atoms with Crippen LogP contribution in [-0.2, 0) is 6.42 Å². The summed E-state index contributed by atoms with van der Waals surface area (Å²) in [6, 6.07) is 5.64. The van der Waals surface area contributed by atoms with Crippen LogP contribution in [0.5, 0.6) is 0 Å². The quantitative estimate of drug-likeness (QED) is 0.791. The van der Waals surface area contributed by atoms with Gasteiger partial charge in [0.1, 0.15) is 5.82 Å². The molecule has 0 aliphatic heterocycles. The summed E-state index contributed by atoms with van der Waals surface area (Å²) >= 11 is 0. The summed E-state index contributed by atoms with van der Waals surface area (Å²) < 4.78 is 13.0. The minimum Gasteiger partial charge on any atom is -0.328 e. The minimum absolute atomic E-state index is 0.121. The van der Waals surface area contributed by atoms with E-state index in [1.54, 1.807) is 13.0 Å². The van der Waals surface area contributed by atoms with E-state index in [-0.39, 0.29) is 5.82 Å². The zero-order chi connectivity index (χ0) is 11.3. The molecule has 0 bridgehead atoms. The first-order valence-corrected chi connectivity index (χ1v) is 5.64. The Morgan fingerprint density at radius 2 is 2.13 bits per heavy atom. The second-order valence-corrected chi connectivity index (χ2v) is 4.14. The molecule has 0 saturated heterocycles. The molecule has 0 aliphatic rings. The van der Waals surface area contributed by atoms with Crippen molar-refractivity contribution >= 4 is 0 Å². The van der Waals surface area contributed by atoms with Crippen molar-refractivity contribution in [1.82, 2.24) is 0 Å². The van der Waals surface area contributed by atoms with Gasteiger partial charge in [0.25, 0.3) is 0 Å². The number of rotatable bonds is 5. The average Bonchev–Trinajstić information content (AvgIpc) is 2.23. The Kier molecular flexibility index (Phi) is 4.76. The number of aryl methyl sites for hydroxylation is 2. The van der Waals surface area contributed by atoms with Crippen LogP contribution in [-0.4, -0.2) is 6.04 Å². The molecule has 84 valence electrons. The maximum atomic E-state index is 13.0. The zero-order valence-corrected chi connectivity index (χ0v) is 9.59. The average molecular weight is 209 g/mol. The Morgan fingerprint density at radius 1 is 1.40 bits per heavy atom. The van der Waals surface area contributed by atoms with Gasteiger partial charge >= 0.3 is 0 Å². The Labute approximate surface area is 91.5 Å². The van der Waals surface area contributed by atoms with Crippen LogP contribution in [0.2, 0.25) is 0 Å². The second-order valence-electron chi connectivity index (χ2n) is 4.14. The molecule has 15 heavy (non-hydrogen) atoms. The summed E-state index contributed by atoms with van der Waals surface area (Å²) in [5.41, 5.74) is 7.77. The van der Waals surface area contributed by atoms with Crippen LogP contribution >= 0.6 is 0 Å². The molecule has 0 spiro atoms. The number of hydrogen-bond donors (Lipinski definition) is 1. The fourth-order valence-corrected chi connectivity index (χ4v) is 1.63. The van der Waals surface area contributed by atoms with Gasteiger partial charge in [0.2, 0.25) is 0 Å². The third kappa shape index (κ3) is 4.00. The van der Waals surface area contributed by atoms with E-state index < -0.39 is 0 Å². The van der Waals surface area contributed by atoms with E-state index >= 15 is 0 Å². The number of halogens is 1. The van der Waals surface area contributed by atoms with Crippen molar-refractivity contribution in [3.05, 3.63) is 35.1 Å². The first-order chi connectivity index (χ1) is 7.13. The van der Waals surface area contributed by atoms with Crippen molar-refractivity contribution in [3.8, 4) is 0 Å². The Morgan fingerprint density at radius 3 is 2.73 bits per heavy atom. The summed E-state index contributed by atoms with van der Waals surface area (Å²) in [5, 5.41) is 0. The lowest BCUT2D eigenvalue weighted by Gasteiger charge is -2.08. The van der Waals surface area contributed by atoms with Gasteiger partial charge in [-0.15, -0.1) is 0 Å². The third-order valence-electron chi connectivity index (χ3n) is 2.79. The normalized spacial score (nSPS) is 12.8. The molecule has 1 nitrogen and oxygen atoms in total. The molecule has 0 radical (unpaired) electrons. The van der Waals surface area contributed by atoms with Crippen LogP contribution in [0.4, 0.5) is 4.39 Å². The van der Waals surface area contributed by atoms with E-state index in [2.05, 4.69) is 6.92 Å². The molecule has 0 heterocycles. The highest BCUT2D eigenvalue weighted by Crippen LogP contribution is 2.12. The molecule has 0 aromatic heterocycles. The van der Waals surface area contributed by atoms with Gasteiger partial charge in [0, 0.05) is 6.04 Å². The van der Waals surface area contributed by atoms with Gasteiger partial charge < -0.3 is 5.73 Å². The van der Waals surface area contributed by atoms with Crippen LogP contribution in [0.15, 0.2) is 18.2 Å². The molecule has 1 aromatic carbocycles. The van der Waals surface area contributed by atoms with E-state index in [9.17, 15) is 4.39 Å². The maximum absolute atomic E-state index is 13.0. The summed E-state index contributed by atoms with van der Waals surface area (Å²) in [4.78, 5) is 0. The number of nitrogens with two attached hydrogens (primary N) is 1. The smallest absolute Gasteiger partial charge is 0.126 e. The highest BCUT2D eigenvalue weighted by atomic mass is 19.1. The summed E-state index contributed by atoms with van der Waals surface area (Å²) in [5.74, 6) is -0.121. The monoisotopic (exact) mass is 209 g/mol. The van der Waals surface area contributed by atoms with Gasteiger partial charge in [0.05, 0.1) is 0 Å². The number of benzene rings is 1. The zero-order valence-electron chi connectivity index (χ0n) is 9.59. The molecule has 1 aromatic rings. The van der Waals surface area contributed by atoms with Crippen LogP contribution in [0.3, 0.4) is 0 Å². The van der Waals surface area contributed by atoms with Gasteiger partial charge in [0.15, 0.2) is 0 Å². The predicted molar refractivity (Wildman–Crippen MR) is 62.3 cm³/mol. The fourth-order valence-electron chi connectivity index (χ4n) is 1.63. The largest absolute Gasteiger partial charge is 0.328 e. The molecule has 2 N–H and O–H groups in total. The molecule has 2 heteroatoms. The summed E-state index contributed by atoms with van der Waals surface area (Å²) in [6.07, 6.45) is 4.16. The lowest BCUT2D eigenvalue weighted by atomic mass is 10.0. The van der Waals surface area contributed by atoms with Crippen molar-refractivity contribution in [2.24, 2.45) is 5.73 Å². The van der Waals surface area contributed by atoms with E-state index in [4.69, 9.17) is 5.73 Å². The minimum atomic E-state index is -0.121. The van der Waals surface area contributed by atoms with Crippen LogP contribution in [0, 0.1) is 12.7 Å². The highest BCUT2D eigenvalue weighted by molar-refractivity contribution is 5.23. The van der Waals surface area contributed by atoms with Crippen molar-refractivity contribution in [2.75, 3.05) is 0 Å². The van der Waals surface area contributed by atoms with Gasteiger partial charge in [-0.25, -0.2) is 4.39 Å². The molecular weight excluding hydrogens is 189 g/mol. The Hall–Kier alpha value is -0.890. The third-order valence-corrected chi connectivity index (χ3v) is 2.79. The van der Waals surface area contributed by atoms with E-state index in [0.717, 1.165) is 31.2 Å². The molecule has 0 fully saturated rings. The van der Waals surface area contributed by atoms with Gasteiger partial charge in [-0.05, 0) is 49.8 Å². The molecule has 1 unspecified atom stereocenters. The lowest BCUT2D eigenvalue weighted by molar-refractivity contribution is 0.567. The van der Waals surface area contributed by atoms with Crippen LogP contribution in [0.1, 0.15) is 37.3 Å².